The number of hydrogen-bond donors (Lipinski definition) is 0. The van der Waals surface area contributed by atoms with Crippen molar-refractivity contribution in [2.75, 3.05) is 0 Å². The minimum Gasteiger partial charge on any atom is -0.292 e. The molecule has 0 saturated heterocycles. The van der Waals surface area contributed by atoms with Crippen molar-refractivity contribution in [3.05, 3.63) is 186 Å². The van der Waals surface area contributed by atoms with E-state index < -0.39 is 58.3 Å². The standard InChI is InChI=1S/C51H27F12N7/c52-48(53,54)33-22-34(49(55,56)57)25-37(24-33)69-41-18-6-4-16-39(41)64-46(69)31-14-8-12-29(20-31)44-66-43(28-10-2-1-3-11-28)67-45(68-44)30-13-9-15-32(21-30)47-65-40-17-5-7-19-42(40)70(47)38-26-35(50(58,59)60)23-36(27-38)51(61,62)63/h1-27H. The Balaban J connectivity index is 1.13. The maximum Gasteiger partial charge on any atom is 0.416 e. The van der Waals surface area contributed by atoms with Gasteiger partial charge in [0.2, 0.25) is 0 Å². The first-order chi connectivity index (χ1) is 33.2. The Labute approximate surface area is 387 Å². The van der Waals surface area contributed by atoms with Crippen LogP contribution < -0.4 is 0 Å². The van der Waals surface area contributed by atoms with Gasteiger partial charge >= 0.3 is 24.7 Å². The fraction of sp³-hybridized carbons (Fsp3) is 0.0784. The Hall–Kier alpha value is -8.35. The zero-order valence-electron chi connectivity index (χ0n) is 35.3. The van der Waals surface area contributed by atoms with E-state index in [0.717, 1.165) is 0 Å². The number of benzene rings is 7. The maximum absolute atomic E-state index is 14.1. The number of alkyl halides is 12. The largest absolute Gasteiger partial charge is 0.416 e. The second kappa shape index (κ2) is 16.7. The smallest absolute Gasteiger partial charge is 0.292 e. The molecule has 0 aliphatic heterocycles. The van der Waals surface area contributed by atoms with Crippen LogP contribution in [0.25, 0.3) is 90.4 Å². The second-order valence-corrected chi connectivity index (χ2v) is 15.9. The first kappa shape index (κ1) is 45.4. The lowest BCUT2D eigenvalue weighted by atomic mass is 10.1. The van der Waals surface area contributed by atoms with Crippen LogP contribution in [0.3, 0.4) is 0 Å². The third-order valence-corrected chi connectivity index (χ3v) is 11.2. The maximum atomic E-state index is 14.1. The fourth-order valence-corrected chi connectivity index (χ4v) is 8.04. The first-order valence-corrected chi connectivity index (χ1v) is 20.8. The van der Waals surface area contributed by atoms with E-state index in [1.807, 2.05) is 0 Å². The van der Waals surface area contributed by atoms with Crippen molar-refractivity contribution in [1.82, 2.24) is 34.1 Å². The van der Waals surface area contributed by atoms with Gasteiger partial charge in [0.15, 0.2) is 17.5 Å². The van der Waals surface area contributed by atoms with Crippen LogP contribution in [0.4, 0.5) is 52.7 Å². The topological polar surface area (TPSA) is 74.3 Å². The summed E-state index contributed by atoms with van der Waals surface area (Å²) < 4.78 is 172. The van der Waals surface area contributed by atoms with Gasteiger partial charge in [-0.25, -0.2) is 24.9 Å². The van der Waals surface area contributed by atoms with Crippen LogP contribution >= 0.6 is 0 Å². The summed E-state index contributed by atoms with van der Waals surface area (Å²) in [6.45, 7) is 0. The van der Waals surface area contributed by atoms with Gasteiger partial charge in [0.25, 0.3) is 0 Å². The molecule has 0 atom stereocenters. The average Bonchev–Trinajstić information content (AvgIpc) is 3.93. The molecule has 3 aromatic heterocycles. The lowest BCUT2D eigenvalue weighted by Crippen LogP contribution is -2.12. The highest BCUT2D eigenvalue weighted by Crippen LogP contribution is 2.42. The quantitative estimate of drug-likeness (QED) is 0.149. The van der Waals surface area contributed by atoms with Crippen LogP contribution in [0.15, 0.2) is 164 Å². The van der Waals surface area contributed by atoms with Crippen LogP contribution in [0.2, 0.25) is 0 Å². The lowest BCUT2D eigenvalue weighted by molar-refractivity contribution is -0.144. The number of nitrogens with zero attached hydrogens (tertiary/aromatic N) is 7. The summed E-state index contributed by atoms with van der Waals surface area (Å²) in [5.41, 5.74) is -4.33. The SMILES string of the molecule is FC(F)(F)c1cc(-n2c(-c3cccc(-c4nc(-c5ccccc5)nc(-c5cccc(-c6nc7ccccc7n6-c6cc(C(F)(F)F)cc(C(F)(F)F)c6)c5)n4)c3)nc3ccccc32)cc(C(F)(F)F)c1. The molecule has 0 amide bonds. The summed E-state index contributed by atoms with van der Waals surface area (Å²) in [5.74, 6) is 0.280. The number of rotatable bonds is 7. The van der Waals surface area contributed by atoms with E-state index in [0.29, 0.717) is 41.0 Å². The number of aromatic nitrogens is 7. The van der Waals surface area contributed by atoms with Crippen LogP contribution in [0.5, 0.6) is 0 Å². The minimum atomic E-state index is -5.13. The zero-order valence-corrected chi connectivity index (χ0v) is 35.3. The Morgan fingerprint density at radius 3 is 0.971 bits per heavy atom. The Morgan fingerprint density at radius 2 is 0.600 bits per heavy atom. The van der Waals surface area contributed by atoms with E-state index in [1.165, 1.54) is 21.3 Å². The number of fused-ring (bicyclic) bond motifs is 2. The van der Waals surface area contributed by atoms with Gasteiger partial charge in [-0.2, -0.15) is 52.7 Å². The van der Waals surface area contributed by atoms with Crippen LogP contribution in [-0.4, -0.2) is 34.1 Å². The van der Waals surface area contributed by atoms with Crippen LogP contribution in [0, 0.1) is 0 Å². The molecule has 3 heterocycles. The molecule has 0 fully saturated rings. The van der Waals surface area contributed by atoms with Crippen molar-refractivity contribution in [2.24, 2.45) is 0 Å². The van der Waals surface area contributed by atoms with E-state index in [4.69, 9.17) is 15.0 Å². The van der Waals surface area contributed by atoms with Gasteiger partial charge in [0.05, 0.1) is 44.3 Å². The highest BCUT2D eigenvalue weighted by Gasteiger charge is 2.39. The lowest BCUT2D eigenvalue weighted by Gasteiger charge is -2.17. The predicted octanol–water partition coefficient (Wildman–Crippen LogP) is 15.0. The third-order valence-electron chi connectivity index (χ3n) is 11.2. The second-order valence-electron chi connectivity index (χ2n) is 15.9. The average molecular weight is 966 g/mol. The number of imidazole rings is 2. The molecule has 350 valence electrons. The number of hydrogen-bond acceptors (Lipinski definition) is 5. The van der Waals surface area contributed by atoms with E-state index in [9.17, 15) is 52.7 Å². The summed E-state index contributed by atoms with van der Waals surface area (Å²) in [6.07, 6.45) is -20.5. The summed E-state index contributed by atoms with van der Waals surface area (Å²) in [5, 5.41) is 0. The number of halogens is 12. The van der Waals surface area contributed by atoms with Crippen LogP contribution in [-0.2, 0) is 24.7 Å². The van der Waals surface area contributed by atoms with Crippen molar-refractivity contribution in [3.8, 4) is 68.3 Å². The Bertz CT molecular complexity index is 3350. The molecule has 0 unspecified atom stereocenters. The monoisotopic (exact) mass is 965 g/mol. The fourth-order valence-electron chi connectivity index (χ4n) is 8.04. The molecule has 0 radical (unpaired) electrons. The molecule has 70 heavy (non-hydrogen) atoms. The Morgan fingerprint density at radius 1 is 0.286 bits per heavy atom. The molecule has 0 aliphatic rings. The third kappa shape index (κ3) is 8.69. The molecule has 0 saturated carbocycles. The van der Waals surface area contributed by atoms with Gasteiger partial charge in [-0.1, -0.05) is 91.0 Å². The molecule has 10 rings (SSSR count). The molecule has 7 aromatic carbocycles. The Kier molecular flexibility index (Phi) is 10.8. The van der Waals surface area contributed by atoms with Crippen molar-refractivity contribution < 1.29 is 52.7 Å². The zero-order chi connectivity index (χ0) is 49.3. The highest BCUT2D eigenvalue weighted by atomic mass is 19.4. The van der Waals surface area contributed by atoms with Gasteiger partial charge < -0.3 is 0 Å². The molecular formula is C51H27F12N7. The normalized spacial score (nSPS) is 12.6. The molecule has 0 bridgehead atoms. The van der Waals surface area contributed by atoms with E-state index in [1.54, 1.807) is 115 Å². The van der Waals surface area contributed by atoms with E-state index >= 15 is 0 Å². The minimum absolute atomic E-state index is 0.00761. The van der Waals surface area contributed by atoms with Gasteiger partial charge in [0.1, 0.15) is 11.6 Å². The molecule has 7 nitrogen and oxygen atoms in total. The van der Waals surface area contributed by atoms with Gasteiger partial charge in [-0.3, -0.25) is 9.13 Å². The summed E-state index contributed by atoms with van der Waals surface area (Å²) in [7, 11) is 0. The molecule has 0 aliphatic carbocycles. The molecule has 0 N–H and O–H groups in total. The van der Waals surface area contributed by atoms with Crippen molar-refractivity contribution in [3.63, 3.8) is 0 Å². The molecular weight excluding hydrogens is 939 g/mol. The van der Waals surface area contributed by atoms with Crippen molar-refractivity contribution >= 4 is 22.1 Å². The van der Waals surface area contributed by atoms with E-state index in [-0.39, 0.29) is 74.4 Å². The van der Waals surface area contributed by atoms with Crippen molar-refractivity contribution in [2.45, 2.75) is 24.7 Å². The summed E-state index contributed by atoms with van der Waals surface area (Å²) >= 11 is 0. The van der Waals surface area contributed by atoms with Crippen LogP contribution in [0.1, 0.15) is 22.3 Å². The first-order valence-electron chi connectivity index (χ1n) is 20.8. The molecule has 10 aromatic rings. The van der Waals surface area contributed by atoms with Crippen molar-refractivity contribution in [1.29, 1.82) is 0 Å². The summed E-state index contributed by atoms with van der Waals surface area (Å²) in [4.78, 5) is 23.6. The van der Waals surface area contributed by atoms with E-state index in [2.05, 4.69) is 9.97 Å². The highest BCUT2D eigenvalue weighted by molar-refractivity contribution is 5.86. The van der Waals surface area contributed by atoms with Gasteiger partial charge in [0, 0.05) is 39.2 Å². The predicted molar refractivity (Wildman–Crippen MR) is 236 cm³/mol. The molecule has 19 heteroatoms. The van der Waals surface area contributed by atoms with Gasteiger partial charge in [-0.15, -0.1) is 0 Å². The molecule has 0 spiro atoms. The van der Waals surface area contributed by atoms with Gasteiger partial charge in [-0.05, 0) is 72.8 Å². The number of para-hydroxylation sites is 4. The summed E-state index contributed by atoms with van der Waals surface area (Å²) in [6, 6.07) is 36.4.